The van der Waals surface area contributed by atoms with Crippen LogP contribution in [0.25, 0.3) is 4.96 Å². The Morgan fingerprint density at radius 1 is 1.47 bits per heavy atom. The molecule has 0 aliphatic heterocycles. The number of hydrogen-bond donors (Lipinski definition) is 1. The molecule has 15 heavy (non-hydrogen) atoms. The third kappa shape index (κ3) is 1.50. The van der Waals surface area contributed by atoms with Crippen LogP contribution in [0.5, 0.6) is 0 Å². The zero-order valence-corrected chi connectivity index (χ0v) is 9.50. The highest BCUT2D eigenvalue weighted by atomic mass is 32.1. The number of carboxylic acids is 1. The molecule has 0 radical (unpaired) electrons. The van der Waals surface area contributed by atoms with Crippen LogP contribution in [0.15, 0.2) is 5.38 Å². The number of carboxylic acid groups (broad SMARTS) is 1. The Kier molecular flexibility index (Phi) is 2.04. The maximum atomic E-state index is 10.9. The summed E-state index contributed by atoms with van der Waals surface area (Å²) in [6, 6.07) is 0. The van der Waals surface area contributed by atoms with Gasteiger partial charge in [-0.25, -0.2) is 4.79 Å². The van der Waals surface area contributed by atoms with Gasteiger partial charge in [0.25, 0.3) is 0 Å². The highest BCUT2D eigenvalue weighted by Gasteiger charge is 2.24. The Morgan fingerprint density at radius 3 is 2.67 bits per heavy atom. The lowest BCUT2D eigenvalue weighted by atomic mass is 9.93. The first-order chi connectivity index (χ1) is 6.91. The summed E-state index contributed by atoms with van der Waals surface area (Å²) in [6.45, 7) is 6.08. The minimum absolute atomic E-state index is 0.0174. The molecule has 2 aromatic rings. The number of aromatic nitrogens is 3. The minimum Gasteiger partial charge on any atom is -0.475 e. The normalized spacial score (nSPS) is 12.2. The molecule has 0 aromatic carbocycles. The first-order valence-electron chi connectivity index (χ1n) is 4.47. The molecule has 0 amide bonds. The second-order valence-corrected chi connectivity index (χ2v) is 5.15. The van der Waals surface area contributed by atoms with Gasteiger partial charge in [-0.2, -0.15) is 0 Å². The maximum Gasteiger partial charge on any atom is 0.374 e. The average molecular weight is 225 g/mol. The molecule has 2 aromatic heterocycles. The van der Waals surface area contributed by atoms with Crippen LogP contribution in [0, 0.1) is 0 Å². The smallest absolute Gasteiger partial charge is 0.374 e. The summed E-state index contributed by atoms with van der Waals surface area (Å²) < 4.78 is 1.60. The lowest BCUT2D eigenvalue weighted by Crippen LogP contribution is -2.16. The van der Waals surface area contributed by atoms with Gasteiger partial charge in [-0.3, -0.25) is 4.40 Å². The highest BCUT2D eigenvalue weighted by molar-refractivity contribution is 7.15. The molecule has 0 saturated heterocycles. The minimum atomic E-state index is -1.05. The summed E-state index contributed by atoms with van der Waals surface area (Å²) in [6.07, 6.45) is 0. The number of aromatic carboxylic acids is 1. The molecular formula is C9H11N3O2S. The summed E-state index contributed by atoms with van der Waals surface area (Å²) >= 11 is 1.41. The van der Waals surface area contributed by atoms with E-state index in [1.807, 2.05) is 26.2 Å². The van der Waals surface area contributed by atoms with E-state index in [0.717, 1.165) is 5.69 Å². The molecule has 2 rings (SSSR count). The molecule has 6 heteroatoms. The number of carbonyl (C=O) groups is 1. The van der Waals surface area contributed by atoms with Crippen LogP contribution in [0.3, 0.4) is 0 Å². The van der Waals surface area contributed by atoms with E-state index < -0.39 is 5.97 Å². The van der Waals surface area contributed by atoms with Crippen LogP contribution in [0.4, 0.5) is 0 Å². The number of hydrogen-bond acceptors (Lipinski definition) is 4. The summed E-state index contributed by atoms with van der Waals surface area (Å²) in [7, 11) is 0. The summed E-state index contributed by atoms with van der Waals surface area (Å²) in [5, 5.41) is 18.4. The van der Waals surface area contributed by atoms with Gasteiger partial charge in [-0.05, 0) is 0 Å². The van der Waals surface area contributed by atoms with E-state index in [2.05, 4.69) is 10.2 Å². The van der Waals surface area contributed by atoms with Crippen molar-refractivity contribution in [3.63, 3.8) is 0 Å². The number of nitrogens with zero attached hydrogens (tertiary/aromatic N) is 3. The first-order valence-corrected chi connectivity index (χ1v) is 5.35. The van der Waals surface area contributed by atoms with Gasteiger partial charge in [-0.1, -0.05) is 20.8 Å². The Morgan fingerprint density at radius 2 is 2.13 bits per heavy atom. The van der Waals surface area contributed by atoms with Crippen LogP contribution < -0.4 is 0 Å². The Bertz CT molecular complexity index is 521. The molecule has 0 unspecified atom stereocenters. The van der Waals surface area contributed by atoms with Gasteiger partial charge < -0.3 is 5.11 Å². The van der Waals surface area contributed by atoms with E-state index in [9.17, 15) is 4.79 Å². The summed E-state index contributed by atoms with van der Waals surface area (Å²) in [5.41, 5.74) is 0.801. The second kappa shape index (κ2) is 3.03. The summed E-state index contributed by atoms with van der Waals surface area (Å²) in [4.78, 5) is 11.6. The third-order valence-electron chi connectivity index (χ3n) is 2.11. The molecule has 0 fully saturated rings. The topological polar surface area (TPSA) is 67.5 Å². The number of thiazole rings is 1. The van der Waals surface area contributed by atoms with Gasteiger partial charge >= 0.3 is 5.97 Å². The molecule has 0 spiro atoms. The molecule has 0 saturated carbocycles. The largest absolute Gasteiger partial charge is 0.475 e. The van der Waals surface area contributed by atoms with E-state index in [-0.39, 0.29) is 11.2 Å². The van der Waals surface area contributed by atoms with Gasteiger partial charge in [0.1, 0.15) is 0 Å². The molecule has 0 aliphatic carbocycles. The molecule has 80 valence electrons. The maximum absolute atomic E-state index is 10.9. The quantitative estimate of drug-likeness (QED) is 0.803. The van der Waals surface area contributed by atoms with Crippen molar-refractivity contribution in [3.8, 4) is 0 Å². The van der Waals surface area contributed by atoms with Crippen molar-refractivity contribution in [1.29, 1.82) is 0 Å². The second-order valence-electron chi connectivity index (χ2n) is 4.32. The third-order valence-corrected chi connectivity index (χ3v) is 2.93. The predicted molar refractivity (Wildman–Crippen MR) is 56.5 cm³/mol. The van der Waals surface area contributed by atoms with Crippen molar-refractivity contribution in [2.24, 2.45) is 0 Å². The fourth-order valence-electron chi connectivity index (χ4n) is 1.38. The summed E-state index contributed by atoms with van der Waals surface area (Å²) in [5.74, 6) is -1.07. The van der Waals surface area contributed by atoms with Crippen LogP contribution in [-0.4, -0.2) is 25.7 Å². The van der Waals surface area contributed by atoms with E-state index in [4.69, 9.17) is 5.11 Å². The zero-order chi connectivity index (χ0) is 11.2. The Labute approximate surface area is 90.4 Å². The molecule has 1 N–H and O–H groups in total. The van der Waals surface area contributed by atoms with E-state index >= 15 is 0 Å². The Balaban J connectivity index is 2.76. The molecule has 5 nitrogen and oxygen atoms in total. The fourth-order valence-corrected chi connectivity index (χ4v) is 2.43. The van der Waals surface area contributed by atoms with Gasteiger partial charge in [0.05, 0.1) is 0 Å². The van der Waals surface area contributed by atoms with Crippen LogP contribution >= 0.6 is 11.3 Å². The molecule has 0 bridgehead atoms. The SMILES string of the molecule is CC(C)(C)c1csc2nnc(C(=O)O)n12. The number of fused-ring (bicyclic) bond motifs is 1. The van der Waals surface area contributed by atoms with E-state index in [1.54, 1.807) is 4.40 Å². The average Bonchev–Trinajstić information content (AvgIpc) is 2.57. The molecule has 0 atom stereocenters. The molecular weight excluding hydrogens is 214 g/mol. The van der Waals surface area contributed by atoms with Gasteiger partial charge in [0.15, 0.2) is 0 Å². The standard InChI is InChI=1S/C9H11N3O2S/c1-9(2,3)5-4-15-8-11-10-6(7(13)14)12(5)8/h4H,1-3H3,(H,13,14). The monoisotopic (exact) mass is 225 g/mol. The van der Waals surface area contributed by atoms with Gasteiger partial charge in [0, 0.05) is 16.5 Å². The van der Waals surface area contributed by atoms with Crippen LogP contribution in [0.2, 0.25) is 0 Å². The van der Waals surface area contributed by atoms with E-state index in [0.29, 0.717) is 4.96 Å². The Hall–Kier alpha value is -1.43. The van der Waals surface area contributed by atoms with E-state index in [1.165, 1.54) is 11.3 Å². The van der Waals surface area contributed by atoms with Gasteiger partial charge in [0.2, 0.25) is 10.8 Å². The predicted octanol–water partition coefficient (Wildman–Crippen LogP) is 1.79. The lowest BCUT2D eigenvalue weighted by Gasteiger charge is -2.17. The van der Waals surface area contributed by atoms with Crippen molar-refractivity contribution in [1.82, 2.24) is 14.6 Å². The van der Waals surface area contributed by atoms with Crippen LogP contribution in [0.1, 0.15) is 37.1 Å². The zero-order valence-electron chi connectivity index (χ0n) is 8.68. The lowest BCUT2D eigenvalue weighted by molar-refractivity contribution is 0.0681. The number of rotatable bonds is 1. The molecule has 2 heterocycles. The van der Waals surface area contributed by atoms with Gasteiger partial charge in [-0.15, -0.1) is 21.5 Å². The van der Waals surface area contributed by atoms with Crippen LogP contribution in [-0.2, 0) is 5.41 Å². The first kappa shape index (κ1) is 10.1. The van der Waals surface area contributed by atoms with Crippen molar-refractivity contribution in [2.75, 3.05) is 0 Å². The highest BCUT2D eigenvalue weighted by Crippen LogP contribution is 2.27. The van der Waals surface area contributed by atoms with Crippen molar-refractivity contribution < 1.29 is 9.90 Å². The van der Waals surface area contributed by atoms with Crippen molar-refractivity contribution in [3.05, 3.63) is 16.9 Å². The fraction of sp³-hybridized carbons (Fsp3) is 0.444. The van der Waals surface area contributed by atoms with Crippen molar-refractivity contribution >= 4 is 22.3 Å². The molecule has 0 aliphatic rings. The van der Waals surface area contributed by atoms with Crippen molar-refractivity contribution in [2.45, 2.75) is 26.2 Å².